The lowest BCUT2D eigenvalue weighted by atomic mass is 9.86. The van der Waals surface area contributed by atoms with Gasteiger partial charge < -0.3 is 4.90 Å². The van der Waals surface area contributed by atoms with Gasteiger partial charge in [-0.25, -0.2) is 0 Å². The summed E-state index contributed by atoms with van der Waals surface area (Å²) >= 11 is 0. The van der Waals surface area contributed by atoms with Crippen molar-refractivity contribution in [3.8, 4) is 0 Å². The molecule has 1 saturated heterocycles. The van der Waals surface area contributed by atoms with Crippen LogP contribution in [0.5, 0.6) is 0 Å². The molecule has 0 aromatic carbocycles. The first-order valence-electron chi connectivity index (χ1n) is 7.11. The van der Waals surface area contributed by atoms with E-state index in [0.717, 1.165) is 19.5 Å². The van der Waals surface area contributed by atoms with E-state index in [1.54, 1.807) is 0 Å². The van der Waals surface area contributed by atoms with Gasteiger partial charge in [0.05, 0.1) is 12.2 Å². The van der Waals surface area contributed by atoms with Crippen LogP contribution in [-0.2, 0) is 4.79 Å². The van der Waals surface area contributed by atoms with E-state index in [-0.39, 0.29) is 5.54 Å². The summed E-state index contributed by atoms with van der Waals surface area (Å²) in [5, 5.41) is 3.52. The van der Waals surface area contributed by atoms with Crippen LogP contribution in [0.2, 0.25) is 0 Å². The average Bonchev–Trinajstić information content (AvgIpc) is 2.93. The minimum atomic E-state index is -0.168. The van der Waals surface area contributed by atoms with Crippen LogP contribution in [0.1, 0.15) is 58.8 Å². The first-order chi connectivity index (χ1) is 8.05. The van der Waals surface area contributed by atoms with Crippen LogP contribution in [0, 0.1) is 5.41 Å². The van der Waals surface area contributed by atoms with E-state index in [1.165, 1.54) is 32.1 Å². The Morgan fingerprint density at radius 1 is 1.18 bits per heavy atom. The van der Waals surface area contributed by atoms with Gasteiger partial charge in [0, 0.05) is 6.04 Å². The van der Waals surface area contributed by atoms with Gasteiger partial charge in [-0.3, -0.25) is 10.1 Å². The third-order valence-corrected chi connectivity index (χ3v) is 5.29. The Kier molecular flexibility index (Phi) is 2.51. The molecule has 0 aromatic rings. The first-order valence-corrected chi connectivity index (χ1v) is 7.11. The van der Waals surface area contributed by atoms with Gasteiger partial charge in [0.15, 0.2) is 0 Å². The molecule has 0 aromatic heterocycles. The Hall–Kier alpha value is -0.570. The molecule has 3 rings (SSSR count). The molecule has 1 N–H and O–H groups in total. The molecule has 3 nitrogen and oxygen atoms in total. The zero-order valence-electron chi connectivity index (χ0n) is 11.1. The van der Waals surface area contributed by atoms with Crippen molar-refractivity contribution < 1.29 is 4.79 Å². The molecule has 1 atom stereocenters. The highest BCUT2D eigenvalue weighted by molar-refractivity contribution is 5.89. The van der Waals surface area contributed by atoms with E-state index >= 15 is 0 Å². The van der Waals surface area contributed by atoms with E-state index in [2.05, 4.69) is 24.1 Å². The Balaban J connectivity index is 1.80. The normalized spacial score (nSPS) is 35.1. The van der Waals surface area contributed by atoms with E-state index in [0.29, 0.717) is 17.4 Å². The SMILES string of the molecule is CC1(C)CCCC1N1CNC2(CCCC2)C1=O. The number of carbonyl (C=O) groups is 1. The van der Waals surface area contributed by atoms with E-state index < -0.39 is 0 Å². The zero-order chi connectivity index (χ0) is 12.1. The van der Waals surface area contributed by atoms with Crippen LogP contribution in [0.3, 0.4) is 0 Å². The summed E-state index contributed by atoms with van der Waals surface area (Å²) in [5.41, 5.74) is 0.139. The van der Waals surface area contributed by atoms with Gasteiger partial charge in [-0.1, -0.05) is 33.1 Å². The van der Waals surface area contributed by atoms with Gasteiger partial charge in [-0.15, -0.1) is 0 Å². The zero-order valence-corrected chi connectivity index (χ0v) is 11.1. The fourth-order valence-electron chi connectivity index (χ4n) is 4.17. The van der Waals surface area contributed by atoms with E-state index in [1.807, 2.05) is 0 Å². The number of amides is 1. The Morgan fingerprint density at radius 3 is 2.47 bits per heavy atom. The van der Waals surface area contributed by atoms with Crippen molar-refractivity contribution in [2.24, 2.45) is 5.41 Å². The molecule has 0 radical (unpaired) electrons. The molecule has 1 unspecified atom stereocenters. The molecular formula is C14H24N2O. The molecule has 3 aliphatic rings. The predicted octanol–water partition coefficient (Wildman–Crippen LogP) is 2.27. The van der Waals surface area contributed by atoms with Crippen molar-refractivity contribution in [3.05, 3.63) is 0 Å². The van der Waals surface area contributed by atoms with Crippen molar-refractivity contribution in [2.75, 3.05) is 6.67 Å². The number of nitrogens with zero attached hydrogens (tertiary/aromatic N) is 1. The maximum Gasteiger partial charge on any atom is 0.244 e. The molecular weight excluding hydrogens is 212 g/mol. The Morgan fingerprint density at radius 2 is 1.88 bits per heavy atom. The summed E-state index contributed by atoms with van der Waals surface area (Å²) in [4.78, 5) is 14.8. The van der Waals surface area contributed by atoms with Crippen molar-refractivity contribution in [2.45, 2.75) is 70.4 Å². The van der Waals surface area contributed by atoms with Crippen molar-refractivity contribution in [1.29, 1.82) is 0 Å². The topological polar surface area (TPSA) is 32.3 Å². The van der Waals surface area contributed by atoms with Crippen molar-refractivity contribution >= 4 is 5.91 Å². The molecule has 96 valence electrons. The first kappa shape index (κ1) is 11.5. The number of nitrogens with one attached hydrogen (secondary N) is 1. The van der Waals surface area contributed by atoms with Gasteiger partial charge in [-0.2, -0.15) is 0 Å². The lowest BCUT2D eigenvalue weighted by Gasteiger charge is -2.35. The van der Waals surface area contributed by atoms with Gasteiger partial charge >= 0.3 is 0 Å². The largest absolute Gasteiger partial charge is 0.325 e. The summed E-state index contributed by atoms with van der Waals surface area (Å²) < 4.78 is 0. The van der Waals surface area contributed by atoms with Crippen LogP contribution < -0.4 is 5.32 Å². The Bertz CT molecular complexity index is 331. The summed E-state index contributed by atoms with van der Waals surface area (Å²) in [6.07, 6.45) is 8.24. The number of hydrogen-bond acceptors (Lipinski definition) is 2. The highest BCUT2D eigenvalue weighted by Gasteiger charge is 2.52. The molecule has 3 fully saturated rings. The molecule has 2 aliphatic carbocycles. The monoisotopic (exact) mass is 236 g/mol. The third-order valence-electron chi connectivity index (χ3n) is 5.29. The summed E-state index contributed by atoms with van der Waals surface area (Å²) in [6, 6.07) is 0.461. The van der Waals surface area contributed by atoms with Crippen molar-refractivity contribution in [1.82, 2.24) is 10.2 Å². The molecule has 17 heavy (non-hydrogen) atoms. The lowest BCUT2D eigenvalue weighted by molar-refractivity contribution is -0.135. The molecule has 1 spiro atoms. The second kappa shape index (κ2) is 3.71. The van der Waals surface area contributed by atoms with Crippen LogP contribution in [0.15, 0.2) is 0 Å². The van der Waals surface area contributed by atoms with Gasteiger partial charge in [-0.05, 0) is 31.1 Å². The maximum atomic E-state index is 12.7. The van der Waals surface area contributed by atoms with Crippen LogP contribution in [-0.4, -0.2) is 29.1 Å². The minimum Gasteiger partial charge on any atom is -0.325 e. The highest BCUT2D eigenvalue weighted by atomic mass is 16.2. The molecule has 1 heterocycles. The molecule has 1 aliphatic heterocycles. The average molecular weight is 236 g/mol. The molecule has 1 amide bonds. The van der Waals surface area contributed by atoms with E-state index in [9.17, 15) is 4.79 Å². The summed E-state index contributed by atoms with van der Waals surface area (Å²) in [5.74, 6) is 0.398. The van der Waals surface area contributed by atoms with Crippen molar-refractivity contribution in [3.63, 3.8) is 0 Å². The third kappa shape index (κ3) is 1.62. The van der Waals surface area contributed by atoms with Gasteiger partial charge in [0.25, 0.3) is 0 Å². The second-order valence-corrected chi connectivity index (χ2v) is 6.80. The standard InChI is InChI=1S/C14H24N2O/c1-13(2)7-5-6-11(13)16-10-15-14(12(16)17)8-3-4-9-14/h11,15H,3-10H2,1-2H3. The lowest BCUT2D eigenvalue weighted by Crippen LogP contribution is -2.48. The molecule has 2 saturated carbocycles. The van der Waals surface area contributed by atoms with Crippen LogP contribution in [0.4, 0.5) is 0 Å². The minimum absolute atomic E-state index is 0.168. The summed E-state index contributed by atoms with van der Waals surface area (Å²) in [6.45, 7) is 5.42. The summed E-state index contributed by atoms with van der Waals surface area (Å²) in [7, 11) is 0. The number of carbonyl (C=O) groups excluding carboxylic acids is 1. The predicted molar refractivity (Wildman–Crippen MR) is 67.5 cm³/mol. The smallest absolute Gasteiger partial charge is 0.244 e. The second-order valence-electron chi connectivity index (χ2n) is 6.80. The Labute approximate surface area is 104 Å². The number of hydrogen-bond donors (Lipinski definition) is 1. The van der Waals surface area contributed by atoms with Gasteiger partial charge in [0.1, 0.15) is 0 Å². The maximum absolute atomic E-state index is 12.7. The van der Waals surface area contributed by atoms with Gasteiger partial charge in [0.2, 0.25) is 5.91 Å². The number of rotatable bonds is 1. The fraction of sp³-hybridized carbons (Fsp3) is 0.929. The highest BCUT2D eigenvalue weighted by Crippen LogP contribution is 2.44. The molecule has 3 heteroatoms. The van der Waals surface area contributed by atoms with Crippen LogP contribution >= 0.6 is 0 Å². The molecule has 0 bridgehead atoms. The van der Waals surface area contributed by atoms with Crippen LogP contribution in [0.25, 0.3) is 0 Å². The van der Waals surface area contributed by atoms with E-state index in [4.69, 9.17) is 0 Å². The fourth-order valence-corrected chi connectivity index (χ4v) is 4.17. The quantitative estimate of drug-likeness (QED) is 0.757.